The Bertz CT molecular complexity index is 1360. The monoisotopic (exact) mass is 576 g/mol. The summed E-state index contributed by atoms with van der Waals surface area (Å²) in [6, 6.07) is 17.8. The van der Waals surface area contributed by atoms with Gasteiger partial charge in [0.05, 0.1) is 9.85 Å². The topological polar surface area (TPSA) is 160 Å². The van der Waals surface area contributed by atoms with E-state index in [1.54, 1.807) is 4.90 Å². The number of anilines is 3. The molecule has 0 aliphatic carbocycles. The maximum atomic E-state index is 13.3. The van der Waals surface area contributed by atoms with Gasteiger partial charge in [0.1, 0.15) is 0 Å². The van der Waals surface area contributed by atoms with Gasteiger partial charge in [-0.3, -0.25) is 25.1 Å². The molecule has 0 saturated carbocycles. The molecular formula is C30H36N6O6. The van der Waals surface area contributed by atoms with Crippen molar-refractivity contribution in [3.8, 4) is 0 Å². The Balaban J connectivity index is 1.66. The average molecular weight is 577 g/mol. The van der Waals surface area contributed by atoms with Gasteiger partial charge >= 0.3 is 12.1 Å². The molecule has 0 bridgehead atoms. The van der Waals surface area contributed by atoms with Crippen LogP contribution >= 0.6 is 0 Å². The minimum Gasteiger partial charge on any atom is -0.335 e. The predicted molar refractivity (Wildman–Crippen MR) is 163 cm³/mol. The number of hydrogen-bond donors (Lipinski definition) is 3. The molecule has 0 spiro atoms. The maximum Gasteiger partial charge on any atom is 0.326 e. The normalized spacial score (nSPS) is 11.3. The molecule has 4 amide bonds. The number of unbranched alkanes of at least 4 members (excludes halogenated alkanes) is 4. The van der Waals surface area contributed by atoms with Crippen molar-refractivity contribution >= 4 is 40.5 Å². The summed E-state index contributed by atoms with van der Waals surface area (Å²) in [4.78, 5) is 48.3. The molecule has 0 saturated heterocycles. The fourth-order valence-electron chi connectivity index (χ4n) is 4.39. The van der Waals surface area contributed by atoms with Crippen LogP contribution in [0.5, 0.6) is 0 Å². The molecule has 12 nitrogen and oxygen atoms in total. The lowest BCUT2D eigenvalue weighted by Crippen LogP contribution is -2.37. The van der Waals surface area contributed by atoms with E-state index in [1.807, 2.05) is 31.2 Å². The van der Waals surface area contributed by atoms with Crippen LogP contribution in [0.25, 0.3) is 0 Å². The maximum absolute atomic E-state index is 13.3. The zero-order valence-electron chi connectivity index (χ0n) is 23.7. The summed E-state index contributed by atoms with van der Waals surface area (Å²) in [5, 5.41) is 30.2. The lowest BCUT2D eigenvalue weighted by atomic mass is 10.1. The van der Waals surface area contributed by atoms with Gasteiger partial charge in [-0.1, -0.05) is 44.7 Å². The minimum atomic E-state index is -0.507. The van der Waals surface area contributed by atoms with E-state index in [1.165, 1.54) is 48.5 Å². The molecule has 0 heterocycles. The molecule has 0 aliphatic heterocycles. The van der Waals surface area contributed by atoms with Crippen LogP contribution < -0.4 is 20.9 Å². The second-order valence-electron chi connectivity index (χ2n) is 9.98. The Morgan fingerprint density at radius 3 is 1.95 bits per heavy atom. The summed E-state index contributed by atoms with van der Waals surface area (Å²) < 4.78 is 0. The molecule has 1 unspecified atom stereocenters. The van der Waals surface area contributed by atoms with Gasteiger partial charge in [-0.05, 0) is 61.7 Å². The summed E-state index contributed by atoms with van der Waals surface area (Å²) in [6.45, 7) is 4.50. The summed E-state index contributed by atoms with van der Waals surface area (Å²) in [5.74, 6) is 0. The van der Waals surface area contributed by atoms with Crippen molar-refractivity contribution < 1.29 is 19.4 Å². The number of carbonyl (C=O) groups is 2. The Morgan fingerprint density at radius 2 is 1.38 bits per heavy atom. The average Bonchev–Trinajstić information content (AvgIpc) is 2.95. The summed E-state index contributed by atoms with van der Waals surface area (Å²) in [5.41, 5.74) is 2.37. The number of non-ortho nitro benzene ring substituents is 2. The molecule has 12 heteroatoms. The number of hydrogen-bond acceptors (Lipinski definition) is 6. The van der Waals surface area contributed by atoms with E-state index < -0.39 is 15.9 Å². The van der Waals surface area contributed by atoms with Gasteiger partial charge in [0.25, 0.3) is 11.4 Å². The fraction of sp³-hybridized carbons (Fsp3) is 0.333. The number of amides is 4. The number of nitrogens with zero attached hydrogens (tertiary/aromatic N) is 3. The van der Waals surface area contributed by atoms with Crippen molar-refractivity contribution in [2.75, 3.05) is 22.1 Å². The zero-order valence-corrected chi connectivity index (χ0v) is 23.7. The van der Waals surface area contributed by atoms with Crippen LogP contribution in [-0.2, 0) is 6.42 Å². The predicted octanol–water partition coefficient (Wildman–Crippen LogP) is 7.26. The molecule has 0 fully saturated rings. The molecule has 222 valence electrons. The SMILES string of the molecule is CCCCCCCN(C(=O)Nc1ccc([N+](=O)[O-])cc1)c1cccc(CC(C)NC(=O)Nc2ccc([N+](=O)[O-])cc2)c1. The lowest BCUT2D eigenvalue weighted by Gasteiger charge is -2.24. The molecule has 3 rings (SSSR count). The highest BCUT2D eigenvalue weighted by molar-refractivity contribution is 6.01. The van der Waals surface area contributed by atoms with Crippen molar-refractivity contribution in [2.24, 2.45) is 0 Å². The second kappa shape index (κ2) is 15.7. The Morgan fingerprint density at radius 1 is 0.810 bits per heavy atom. The quantitative estimate of drug-likeness (QED) is 0.104. The van der Waals surface area contributed by atoms with E-state index >= 15 is 0 Å². The molecule has 3 N–H and O–H groups in total. The van der Waals surface area contributed by atoms with Crippen LogP contribution in [-0.4, -0.2) is 34.5 Å². The Kier molecular flexibility index (Phi) is 11.8. The smallest absolute Gasteiger partial charge is 0.326 e. The number of nitrogens with one attached hydrogen (secondary N) is 3. The van der Waals surface area contributed by atoms with E-state index in [9.17, 15) is 29.8 Å². The van der Waals surface area contributed by atoms with E-state index in [2.05, 4.69) is 22.9 Å². The Hall–Kier alpha value is -5.00. The van der Waals surface area contributed by atoms with E-state index in [0.717, 1.165) is 37.7 Å². The zero-order chi connectivity index (χ0) is 30.5. The highest BCUT2D eigenvalue weighted by Crippen LogP contribution is 2.22. The first-order valence-corrected chi connectivity index (χ1v) is 13.9. The van der Waals surface area contributed by atoms with Gasteiger partial charge in [0, 0.05) is 53.9 Å². The van der Waals surface area contributed by atoms with Crippen LogP contribution in [0.4, 0.5) is 38.0 Å². The van der Waals surface area contributed by atoms with E-state index in [4.69, 9.17) is 0 Å². The summed E-state index contributed by atoms with van der Waals surface area (Å²) in [7, 11) is 0. The van der Waals surface area contributed by atoms with Crippen LogP contribution in [0.2, 0.25) is 0 Å². The van der Waals surface area contributed by atoms with Crippen molar-refractivity contribution in [1.82, 2.24) is 5.32 Å². The van der Waals surface area contributed by atoms with Crippen LogP contribution in [0.1, 0.15) is 51.5 Å². The standard InChI is InChI=1S/C30H36N6O6/c1-3-4-5-6-7-19-34(30(38)33-25-13-17-27(18-14-25)36(41)42)28-10-8-9-23(21-28)20-22(2)31-29(37)32-24-11-15-26(16-12-24)35(39)40/h8-18,21-22H,3-7,19-20H2,1-2H3,(H,33,38)(H2,31,32,37). The number of urea groups is 2. The number of benzene rings is 3. The van der Waals surface area contributed by atoms with Crippen LogP contribution in [0, 0.1) is 20.2 Å². The first-order valence-electron chi connectivity index (χ1n) is 13.9. The lowest BCUT2D eigenvalue weighted by molar-refractivity contribution is -0.385. The van der Waals surface area contributed by atoms with Crippen molar-refractivity contribution in [1.29, 1.82) is 0 Å². The van der Waals surface area contributed by atoms with E-state index in [0.29, 0.717) is 30.0 Å². The fourth-order valence-corrected chi connectivity index (χ4v) is 4.39. The highest BCUT2D eigenvalue weighted by atomic mass is 16.6. The van der Waals surface area contributed by atoms with Gasteiger partial charge in [-0.25, -0.2) is 9.59 Å². The van der Waals surface area contributed by atoms with E-state index in [-0.39, 0.29) is 23.4 Å². The van der Waals surface area contributed by atoms with Crippen molar-refractivity contribution in [2.45, 2.75) is 58.4 Å². The first-order chi connectivity index (χ1) is 20.2. The molecule has 0 aromatic heterocycles. The first kappa shape index (κ1) is 31.5. The molecule has 0 aliphatic rings. The number of rotatable bonds is 14. The number of nitro benzene ring substituents is 2. The van der Waals surface area contributed by atoms with Gasteiger partial charge in [0.15, 0.2) is 0 Å². The molecule has 3 aromatic carbocycles. The third-order valence-corrected chi connectivity index (χ3v) is 6.54. The second-order valence-corrected chi connectivity index (χ2v) is 9.98. The molecule has 1 atom stereocenters. The van der Waals surface area contributed by atoms with Gasteiger partial charge < -0.3 is 16.0 Å². The van der Waals surface area contributed by atoms with Crippen molar-refractivity contribution in [3.63, 3.8) is 0 Å². The van der Waals surface area contributed by atoms with Crippen molar-refractivity contribution in [3.05, 3.63) is 98.6 Å². The Labute approximate surface area is 244 Å². The number of nitro groups is 2. The number of carbonyl (C=O) groups excluding carboxylic acids is 2. The summed E-state index contributed by atoms with van der Waals surface area (Å²) in [6.07, 6.45) is 5.63. The third kappa shape index (κ3) is 9.88. The molecule has 42 heavy (non-hydrogen) atoms. The molecular weight excluding hydrogens is 540 g/mol. The molecule has 3 aromatic rings. The largest absolute Gasteiger partial charge is 0.335 e. The highest BCUT2D eigenvalue weighted by Gasteiger charge is 2.18. The third-order valence-electron chi connectivity index (χ3n) is 6.54. The van der Waals surface area contributed by atoms with Crippen LogP contribution in [0.3, 0.4) is 0 Å². The van der Waals surface area contributed by atoms with Gasteiger partial charge in [0.2, 0.25) is 0 Å². The minimum absolute atomic E-state index is 0.0577. The molecule has 0 radical (unpaired) electrons. The van der Waals surface area contributed by atoms with Gasteiger partial charge in [-0.15, -0.1) is 0 Å². The van der Waals surface area contributed by atoms with Crippen LogP contribution in [0.15, 0.2) is 72.8 Å². The van der Waals surface area contributed by atoms with Gasteiger partial charge in [-0.2, -0.15) is 0 Å². The summed E-state index contributed by atoms with van der Waals surface area (Å²) >= 11 is 0.